The van der Waals surface area contributed by atoms with Gasteiger partial charge in [0, 0.05) is 36.1 Å². The largest absolute Gasteiger partial charge is 0.384 e. The van der Waals surface area contributed by atoms with Crippen molar-refractivity contribution in [1.29, 1.82) is 0 Å². The second-order valence-electron chi connectivity index (χ2n) is 10.3. The van der Waals surface area contributed by atoms with Crippen molar-refractivity contribution >= 4 is 5.69 Å². The molecule has 4 aliphatic rings. The topological polar surface area (TPSA) is 89.9 Å². The average molecular weight is 456 g/mol. The molecule has 0 atom stereocenters. The van der Waals surface area contributed by atoms with E-state index in [1.54, 1.807) is 0 Å². The van der Waals surface area contributed by atoms with Gasteiger partial charge in [-0.05, 0) is 75.0 Å². The van der Waals surface area contributed by atoms with E-state index in [2.05, 4.69) is 37.7 Å². The predicted octanol–water partition coefficient (Wildman–Crippen LogP) is 5.81. The number of anilines is 1. The van der Waals surface area contributed by atoms with Gasteiger partial charge in [-0.25, -0.2) is 0 Å². The number of nitrogens with one attached hydrogen (secondary N) is 1. The van der Waals surface area contributed by atoms with Crippen LogP contribution in [-0.4, -0.2) is 26.8 Å². The molecule has 1 aromatic carbocycles. The zero-order valence-electron chi connectivity index (χ0n) is 18.6. The molecular weight excluding hydrogens is 428 g/mol. The lowest BCUT2D eigenvalue weighted by Gasteiger charge is -2.52. The Bertz CT molecular complexity index is 1140. The Morgan fingerprint density at radius 2 is 1.79 bits per heavy atom. The summed E-state index contributed by atoms with van der Waals surface area (Å²) in [4.78, 5) is 8.63. The van der Waals surface area contributed by atoms with E-state index in [0.29, 0.717) is 17.6 Å². The van der Waals surface area contributed by atoms with Gasteiger partial charge in [-0.3, -0.25) is 0 Å². The molecule has 0 spiro atoms. The van der Waals surface area contributed by atoms with Gasteiger partial charge in [-0.15, -0.1) is 0 Å². The number of alkyl halides is 2. The molecule has 0 unspecified atom stereocenters. The van der Waals surface area contributed by atoms with Crippen LogP contribution >= 0.6 is 0 Å². The minimum Gasteiger partial charge on any atom is -0.384 e. The summed E-state index contributed by atoms with van der Waals surface area (Å²) in [6.07, 6.45) is 8.02. The molecule has 0 amide bonds. The van der Waals surface area contributed by atoms with Gasteiger partial charge in [-0.2, -0.15) is 18.7 Å². The molecule has 4 saturated carbocycles. The lowest BCUT2D eigenvalue weighted by molar-refractivity contribution is -0.0158. The molecule has 2 heterocycles. The lowest BCUT2D eigenvalue weighted by atomic mass is 9.53. The second-order valence-corrected chi connectivity index (χ2v) is 10.3. The summed E-state index contributed by atoms with van der Waals surface area (Å²) in [5.74, 6) is -1.39. The van der Waals surface area contributed by atoms with E-state index < -0.39 is 11.8 Å². The Morgan fingerprint density at radius 3 is 2.45 bits per heavy atom. The number of hydrogen-bond acceptors (Lipinski definition) is 7. The molecule has 0 saturated heterocycles. The van der Waals surface area contributed by atoms with E-state index in [1.165, 1.54) is 0 Å². The fourth-order valence-electron chi connectivity index (χ4n) is 5.39. The molecular formula is C24H27F2N5O2. The van der Waals surface area contributed by atoms with Gasteiger partial charge in [0.15, 0.2) is 11.6 Å². The molecule has 2 aromatic heterocycles. The Hall–Kier alpha value is -2.84. The maximum absolute atomic E-state index is 13.6. The van der Waals surface area contributed by atoms with Crippen LogP contribution in [0.25, 0.3) is 11.5 Å². The number of nitrogens with zero attached hydrogens (tertiary/aromatic N) is 4. The second kappa shape index (κ2) is 7.33. The minimum atomic E-state index is -3.10. The van der Waals surface area contributed by atoms with Crippen LogP contribution in [0, 0.1) is 5.41 Å². The Morgan fingerprint density at radius 1 is 1.03 bits per heavy atom. The van der Waals surface area contributed by atoms with Crippen molar-refractivity contribution in [2.45, 2.75) is 75.5 Å². The highest BCUT2D eigenvalue weighted by atomic mass is 19.3. The lowest BCUT2D eigenvalue weighted by Crippen LogP contribution is -2.47. The molecule has 0 aliphatic heterocycles. The summed E-state index contributed by atoms with van der Waals surface area (Å²) < 4.78 is 37.5. The SMILES string of the molecule is CC(F)(F)c1nc(C23CCC(CNc4cccc(-c5nc(C6CC6)no5)c4)(CC2)CC3)no1. The molecule has 9 heteroatoms. The first-order valence-corrected chi connectivity index (χ1v) is 11.7. The first kappa shape index (κ1) is 20.7. The molecule has 33 heavy (non-hydrogen) atoms. The average Bonchev–Trinajstić information content (AvgIpc) is 3.33. The number of aromatic nitrogens is 4. The van der Waals surface area contributed by atoms with Crippen molar-refractivity contribution in [3.8, 4) is 11.5 Å². The molecule has 4 aliphatic carbocycles. The summed E-state index contributed by atoms with van der Waals surface area (Å²) in [7, 11) is 0. The van der Waals surface area contributed by atoms with E-state index in [4.69, 9.17) is 9.05 Å². The zero-order valence-corrected chi connectivity index (χ0v) is 18.6. The quantitative estimate of drug-likeness (QED) is 0.481. The van der Waals surface area contributed by atoms with Gasteiger partial charge in [0.05, 0.1) is 0 Å². The number of hydrogen-bond donors (Lipinski definition) is 1. The van der Waals surface area contributed by atoms with Crippen LogP contribution in [0.3, 0.4) is 0 Å². The third-order valence-corrected chi connectivity index (χ3v) is 7.84. The first-order valence-electron chi connectivity index (χ1n) is 11.7. The number of rotatable bonds is 7. The minimum absolute atomic E-state index is 0.197. The number of benzene rings is 1. The normalized spacial score (nSPS) is 27.1. The maximum atomic E-state index is 13.6. The van der Waals surface area contributed by atoms with Crippen LogP contribution in [0.1, 0.15) is 81.7 Å². The summed E-state index contributed by atoms with van der Waals surface area (Å²) in [5.41, 5.74) is 1.92. The van der Waals surface area contributed by atoms with E-state index in [0.717, 1.165) is 81.9 Å². The van der Waals surface area contributed by atoms with Crippen molar-refractivity contribution in [2.75, 3.05) is 11.9 Å². The van der Waals surface area contributed by atoms with Crippen molar-refractivity contribution in [2.24, 2.45) is 5.41 Å². The van der Waals surface area contributed by atoms with E-state index in [9.17, 15) is 8.78 Å². The van der Waals surface area contributed by atoms with Crippen LogP contribution < -0.4 is 5.32 Å². The van der Waals surface area contributed by atoms with Crippen LogP contribution in [-0.2, 0) is 11.3 Å². The molecule has 0 radical (unpaired) electrons. The third kappa shape index (κ3) is 3.81. The van der Waals surface area contributed by atoms with Crippen molar-refractivity contribution in [1.82, 2.24) is 20.3 Å². The van der Waals surface area contributed by atoms with Gasteiger partial charge in [0.1, 0.15) is 0 Å². The Balaban J connectivity index is 1.11. The van der Waals surface area contributed by atoms with E-state index in [1.807, 2.05) is 12.1 Å². The standard InChI is InChI=1S/C24H27F2N5O2/c1-22(25,26)21-29-20(31-33-21)24-10-7-23(8-11-24,9-12-24)14-27-17-4-2-3-16(13-17)19-28-18(30-32-19)15-5-6-15/h2-4,13,15,27H,5-12,14H2,1H3. The van der Waals surface area contributed by atoms with Gasteiger partial charge in [0.25, 0.3) is 11.8 Å². The molecule has 1 N–H and O–H groups in total. The number of fused-ring (bicyclic) bond motifs is 3. The molecule has 174 valence electrons. The van der Waals surface area contributed by atoms with Crippen molar-refractivity contribution < 1.29 is 17.8 Å². The third-order valence-electron chi connectivity index (χ3n) is 7.84. The van der Waals surface area contributed by atoms with Gasteiger partial charge in [0.2, 0.25) is 0 Å². The number of halogens is 2. The van der Waals surface area contributed by atoms with Crippen LogP contribution in [0.4, 0.5) is 14.5 Å². The zero-order chi connectivity index (χ0) is 22.7. The Labute approximate surface area is 190 Å². The maximum Gasteiger partial charge on any atom is 0.322 e. The van der Waals surface area contributed by atoms with Gasteiger partial charge < -0.3 is 14.4 Å². The predicted molar refractivity (Wildman–Crippen MR) is 116 cm³/mol. The summed E-state index contributed by atoms with van der Waals surface area (Å²) >= 11 is 0. The van der Waals surface area contributed by atoms with Gasteiger partial charge >= 0.3 is 5.92 Å². The van der Waals surface area contributed by atoms with Crippen LogP contribution in [0.15, 0.2) is 33.3 Å². The monoisotopic (exact) mass is 455 g/mol. The van der Waals surface area contributed by atoms with Crippen LogP contribution in [0.5, 0.6) is 0 Å². The van der Waals surface area contributed by atoms with Crippen molar-refractivity contribution in [3.05, 3.63) is 41.8 Å². The van der Waals surface area contributed by atoms with E-state index in [-0.39, 0.29) is 10.8 Å². The smallest absolute Gasteiger partial charge is 0.322 e. The van der Waals surface area contributed by atoms with E-state index >= 15 is 0 Å². The van der Waals surface area contributed by atoms with Gasteiger partial charge in [-0.1, -0.05) is 16.4 Å². The summed E-state index contributed by atoms with van der Waals surface area (Å²) in [6.45, 7) is 1.66. The summed E-state index contributed by atoms with van der Waals surface area (Å²) in [6, 6.07) is 8.10. The molecule has 7 rings (SSSR count). The molecule has 3 aromatic rings. The molecule has 4 fully saturated rings. The first-order chi connectivity index (χ1) is 15.8. The molecule has 7 nitrogen and oxygen atoms in total. The van der Waals surface area contributed by atoms with Crippen LogP contribution in [0.2, 0.25) is 0 Å². The highest BCUT2D eigenvalue weighted by molar-refractivity contribution is 5.61. The van der Waals surface area contributed by atoms with Crippen molar-refractivity contribution in [3.63, 3.8) is 0 Å². The fraction of sp³-hybridized carbons (Fsp3) is 0.583. The fourth-order valence-corrected chi connectivity index (χ4v) is 5.39. The Kier molecular flexibility index (Phi) is 4.61. The highest BCUT2D eigenvalue weighted by Crippen LogP contribution is 2.57. The molecule has 2 bridgehead atoms. The summed E-state index contributed by atoms with van der Waals surface area (Å²) in [5, 5.41) is 11.7. The highest BCUT2D eigenvalue weighted by Gasteiger charge is 2.52.